The molecule has 1 aliphatic carbocycles. The first-order valence-corrected chi connectivity index (χ1v) is 6.87. The molecule has 4 nitrogen and oxygen atoms in total. The molecular formula is C12H16N4S. The number of thiazole rings is 1. The van der Waals surface area contributed by atoms with Crippen molar-refractivity contribution in [3.63, 3.8) is 0 Å². The standard InChI is InChI=1S/C12H16N4S/c1-8-11-9(7-13)3-2-4-10(11)16(15-8)12-14-5-6-17-12/h5-6,9H,2-4,7,13H2,1H3. The first kappa shape index (κ1) is 10.9. The van der Waals surface area contributed by atoms with Crippen molar-refractivity contribution < 1.29 is 0 Å². The fourth-order valence-corrected chi connectivity index (χ4v) is 3.35. The third-order valence-corrected chi connectivity index (χ3v) is 4.21. The summed E-state index contributed by atoms with van der Waals surface area (Å²) >= 11 is 1.63. The average Bonchev–Trinajstić information content (AvgIpc) is 2.97. The molecule has 2 aromatic heterocycles. The van der Waals surface area contributed by atoms with Gasteiger partial charge in [-0.2, -0.15) is 5.10 Å². The average molecular weight is 248 g/mol. The van der Waals surface area contributed by atoms with E-state index in [4.69, 9.17) is 5.73 Å². The summed E-state index contributed by atoms with van der Waals surface area (Å²) in [6, 6.07) is 0. The van der Waals surface area contributed by atoms with E-state index in [2.05, 4.69) is 17.0 Å². The van der Waals surface area contributed by atoms with Gasteiger partial charge in [0.25, 0.3) is 0 Å². The maximum Gasteiger partial charge on any atom is 0.210 e. The molecule has 0 saturated heterocycles. The summed E-state index contributed by atoms with van der Waals surface area (Å²) < 4.78 is 2.01. The third-order valence-electron chi connectivity index (χ3n) is 3.47. The molecule has 0 radical (unpaired) electrons. The molecule has 0 saturated carbocycles. The van der Waals surface area contributed by atoms with E-state index in [1.807, 2.05) is 16.3 Å². The molecule has 0 fully saturated rings. The van der Waals surface area contributed by atoms with Gasteiger partial charge in [0.15, 0.2) is 0 Å². The monoisotopic (exact) mass is 248 g/mol. The van der Waals surface area contributed by atoms with Gasteiger partial charge in [-0.05, 0) is 38.6 Å². The number of hydrogen-bond donors (Lipinski definition) is 1. The molecule has 17 heavy (non-hydrogen) atoms. The minimum absolute atomic E-state index is 0.479. The fraction of sp³-hybridized carbons (Fsp3) is 0.500. The molecule has 0 aromatic carbocycles. The van der Waals surface area contributed by atoms with Crippen LogP contribution in [0.25, 0.3) is 5.13 Å². The lowest BCUT2D eigenvalue weighted by Crippen LogP contribution is -2.19. The van der Waals surface area contributed by atoms with E-state index in [-0.39, 0.29) is 0 Å². The summed E-state index contributed by atoms with van der Waals surface area (Å²) in [7, 11) is 0. The number of aromatic nitrogens is 3. The van der Waals surface area contributed by atoms with E-state index >= 15 is 0 Å². The van der Waals surface area contributed by atoms with Gasteiger partial charge in [0.1, 0.15) is 0 Å². The molecule has 0 aliphatic heterocycles. The molecule has 1 aliphatic rings. The molecule has 0 bridgehead atoms. The fourth-order valence-electron chi connectivity index (χ4n) is 2.73. The van der Waals surface area contributed by atoms with Gasteiger partial charge in [0.2, 0.25) is 5.13 Å². The SMILES string of the molecule is Cc1nn(-c2nccs2)c2c1C(CN)CCC2. The maximum atomic E-state index is 5.86. The maximum absolute atomic E-state index is 5.86. The lowest BCUT2D eigenvalue weighted by molar-refractivity contribution is 0.548. The van der Waals surface area contributed by atoms with Gasteiger partial charge in [-0.25, -0.2) is 9.67 Å². The van der Waals surface area contributed by atoms with E-state index in [1.165, 1.54) is 24.1 Å². The van der Waals surface area contributed by atoms with Crippen LogP contribution >= 0.6 is 11.3 Å². The molecular weight excluding hydrogens is 232 g/mol. The van der Waals surface area contributed by atoms with Gasteiger partial charge in [-0.3, -0.25) is 0 Å². The van der Waals surface area contributed by atoms with E-state index in [9.17, 15) is 0 Å². The molecule has 0 spiro atoms. The first-order valence-electron chi connectivity index (χ1n) is 5.99. The zero-order chi connectivity index (χ0) is 11.8. The van der Waals surface area contributed by atoms with Gasteiger partial charge >= 0.3 is 0 Å². The van der Waals surface area contributed by atoms with Crippen LogP contribution in [0.15, 0.2) is 11.6 Å². The number of nitrogens with zero attached hydrogens (tertiary/aromatic N) is 3. The van der Waals surface area contributed by atoms with Crippen molar-refractivity contribution in [3.05, 3.63) is 28.5 Å². The third kappa shape index (κ3) is 1.70. The zero-order valence-corrected chi connectivity index (χ0v) is 10.7. The minimum atomic E-state index is 0.479. The lowest BCUT2D eigenvalue weighted by Gasteiger charge is -2.21. The Morgan fingerprint density at radius 3 is 3.18 bits per heavy atom. The molecule has 1 unspecified atom stereocenters. The van der Waals surface area contributed by atoms with Crippen molar-refractivity contribution in [1.82, 2.24) is 14.8 Å². The normalized spacial score (nSPS) is 19.3. The summed E-state index contributed by atoms with van der Waals surface area (Å²) in [6.45, 7) is 2.80. The van der Waals surface area contributed by atoms with E-state index in [0.717, 1.165) is 23.8 Å². The smallest absolute Gasteiger partial charge is 0.210 e. The second-order valence-corrected chi connectivity index (χ2v) is 5.37. The highest BCUT2D eigenvalue weighted by Crippen LogP contribution is 2.34. The molecule has 1 atom stereocenters. The topological polar surface area (TPSA) is 56.7 Å². The Morgan fingerprint density at radius 1 is 1.59 bits per heavy atom. The van der Waals surface area contributed by atoms with E-state index < -0.39 is 0 Å². The highest BCUT2D eigenvalue weighted by molar-refractivity contribution is 7.12. The Labute approximate surface area is 104 Å². The van der Waals surface area contributed by atoms with E-state index in [0.29, 0.717) is 5.92 Å². The first-order chi connectivity index (χ1) is 8.31. The van der Waals surface area contributed by atoms with Crippen LogP contribution in [0.3, 0.4) is 0 Å². The van der Waals surface area contributed by atoms with Crippen molar-refractivity contribution in [2.45, 2.75) is 32.1 Å². The van der Waals surface area contributed by atoms with Gasteiger partial charge in [-0.1, -0.05) is 0 Å². The van der Waals surface area contributed by atoms with Crippen LogP contribution in [0.5, 0.6) is 0 Å². The van der Waals surface area contributed by atoms with Crippen molar-refractivity contribution in [3.8, 4) is 5.13 Å². The van der Waals surface area contributed by atoms with Gasteiger partial charge in [-0.15, -0.1) is 11.3 Å². The number of fused-ring (bicyclic) bond motifs is 1. The van der Waals surface area contributed by atoms with Crippen molar-refractivity contribution in [1.29, 1.82) is 0 Å². The quantitative estimate of drug-likeness (QED) is 0.884. The van der Waals surface area contributed by atoms with Crippen molar-refractivity contribution in [2.75, 3.05) is 6.54 Å². The van der Waals surface area contributed by atoms with Crippen LogP contribution in [-0.2, 0) is 6.42 Å². The highest BCUT2D eigenvalue weighted by Gasteiger charge is 2.26. The molecule has 2 heterocycles. The predicted octanol–water partition coefficient (Wildman–Crippen LogP) is 2.02. The Bertz CT molecular complexity index is 515. The number of nitrogens with two attached hydrogens (primary N) is 1. The largest absolute Gasteiger partial charge is 0.330 e. The Kier molecular flexibility index (Phi) is 2.72. The predicted molar refractivity (Wildman–Crippen MR) is 68.7 cm³/mol. The summed E-state index contributed by atoms with van der Waals surface area (Å²) in [5.41, 5.74) is 9.67. The second kappa shape index (κ2) is 4.23. The van der Waals surface area contributed by atoms with Crippen LogP contribution in [0, 0.1) is 6.92 Å². The number of aryl methyl sites for hydroxylation is 1. The zero-order valence-electron chi connectivity index (χ0n) is 9.89. The van der Waals surface area contributed by atoms with Crippen LogP contribution in [-0.4, -0.2) is 21.3 Å². The molecule has 0 amide bonds. The van der Waals surface area contributed by atoms with E-state index in [1.54, 1.807) is 11.3 Å². The van der Waals surface area contributed by atoms with Gasteiger partial charge in [0.05, 0.1) is 11.4 Å². The summed E-state index contributed by atoms with van der Waals surface area (Å²) in [6.07, 6.45) is 5.30. The number of hydrogen-bond acceptors (Lipinski definition) is 4. The Morgan fingerprint density at radius 2 is 2.47 bits per heavy atom. The minimum Gasteiger partial charge on any atom is -0.330 e. The summed E-state index contributed by atoms with van der Waals surface area (Å²) in [5, 5.41) is 7.59. The van der Waals surface area contributed by atoms with Crippen molar-refractivity contribution in [2.24, 2.45) is 5.73 Å². The van der Waals surface area contributed by atoms with Crippen molar-refractivity contribution >= 4 is 11.3 Å². The molecule has 3 rings (SSSR count). The van der Waals surface area contributed by atoms with Crippen LogP contribution in [0.2, 0.25) is 0 Å². The van der Waals surface area contributed by atoms with Gasteiger partial charge < -0.3 is 5.73 Å². The van der Waals surface area contributed by atoms with Crippen LogP contribution < -0.4 is 5.73 Å². The molecule has 2 aromatic rings. The van der Waals surface area contributed by atoms with Gasteiger partial charge in [0, 0.05) is 17.1 Å². The van der Waals surface area contributed by atoms with Crippen LogP contribution in [0.4, 0.5) is 0 Å². The molecule has 90 valence electrons. The second-order valence-electron chi connectivity index (χ2n) is 4.50. The van der Waals surface area contributed by atoms with Crippen LogP contribution in [0.1, 0.15) is 35.7 Å². The number of rotatable bonds is 2. The Hall–Kier alpha value is -1.20. The summed E-state index contributed by atoms with van der Waals surface area (Å²) in [4.78, 5) is 4.35. The molecule has 5 heteroatoms. The lowest BCUT2D eigenvalue weighted by atomic mass is 9.85. The summed E-state index contributed by atoms with van der Waals surface area (Å²) in [5.74, 6) is 0.479. The Balaban J connectivity index is 2.14. The molecule has 2 N–H and O–H groups in total. The highest BCUT2D eigenvalue weighted by atomic mass is 32.1.